The molecule has 2 saturated carbocycles. The normalized spacial score (nSPS) is 25.6. The SMILES string of the molecule is CCCC(O)C1CCC(c2ccc(CCC3CCC(c4ccc(O)c(F)c4F)CC3)c(F)c2F)CC1. The van der Waals surface area contributed by atoms with E-state index in [0.29, 0.717) is 41.9 Å². The van der Waals surface area contributed by atoms with Gasteiger partial charge in [0.15, 0.2) is 23.2 Å². The van der Waals surface area contributed by atoms with Crippen molar-refractivity contribution >= 4 is 0 Å². The number of aliphatic hydroxyl groups is 1. The Morgan fingerprint density at radius 2 is 1.31 bits per heavy atom. The van der Waals surface area contributed by atoms with Crippen molar-refractivity contribution in [2.75, 3.05) is 0 Å². The maximum absolute atomic E-state index is 15.0. The minimum Gasteiger partial charge on any atom is -0.505 e. The van der Waals surface area contributed by atoms with E-state index in [-0.39, 0.29) is 23.9 Å². The molecule has 2 aromatic carbocycles. The standard InChI is InChI=1S/C30H38F4O2/c1-2-3-25(35)21-12-10-20(11-13-21)23-15-14-22(27(31)28(23)32)9-6-18-4-7-19(8-5-18)24-16-17-26(36)30(34)29(24)33/h14-21,25,35-36H,2-13H2,1H3. The summed E-state index contributed by atoms with van der Waals surface area (Å²) >= 11 is 0. The molecule has 36 heavy (non-hydrogen) atoms. The number of rotatable bonds is 8. The zero-order valence-electron chi connectivity index (χ0n) is 21.1. The number of phenols is 1. The summed E-state index contributed by atoms with van der Waals surface area (Å²) in [6.07, 6.45) is 8.92. The molecule has 0 heterocycles. The fourth-order valence-corrected chi connectivity index (χ4v) is 6.45. The van der Waals surface area contributed by atoms with Crippen molar-refractivity contribution in [3.63, 3.8) is 0 Å². The number of aliphatic hydroxyl groups excluding tert-OH is 1. The van der Waals surface area contributed by atoms with Gasteiger partial charge in [0.1, 0.15) is 0 Å². The zero-order chi connectivity index (χ0) is 25.8. The molecule has 2 nitrogen and oxygen atoms in total. The summed E-state index contributed by atoms with van der Waals surface area (Å²) in [5.41, 5.74) is 1.17. The van der Waals surface area contributed by atoms with Gasteiger partial charge in [0.25, 0.3) is 0 Å². The Labute approximate surface area is 211 Å². The smallest absolute Gasteiger partial charge is 0.200 e. The number of hydrogen-bond acceptors (Lipinski definition) is 2. The highest BCUT2D eigenvalue weighted by atomic mass is 19.2. The summed E-state index contributed by atoms with van der Waals surface area (Å²) in [5, 5.41) is 19.6. The molecule has 6 heteroatoms. The maximum Gasteiger partial charge on any atom is 0.200 e. The first-order valence-corrected chi connectivity index (χ1v) is 13.6. The van der Waals surface area contributed by atoms with Crippen molar-refractivity contribution in [1.82, 2.24) is 0 Å². The van der Waals surface area contributed by atoms with Crippen molar-refractivity contribution in [3.05, 3.63) is 64.2 Å². The third kappa shape index (κ3) is 5.90. The van der Waals surface area contributed by atoms with Crippen LogP contribution in [0, 0.1) is 35.1 Å². The largest absolute Gasteiger partial charge is 0.505 e. The number of benzene rings is 2. The van der Waals surface area contributed by atoms with E-state index >= 15 is 4.39 Å². The van der Waals surface area contributed by atoms with Gasteiger partial charge in [-0.05, 0) is 117 Å². The van der Waals surface area contributed by atoms with Gasteiger partial charge in [-0.25, -0.2) is 13.2 Å². The van der Waals surface area contributed by atoms with Crippen LogP contribution in [0.15, 0.2) is 24.3 Å². The van der Waals surface area contributed by atoms with E-state index in [1.54, 1.807) is 12.1 Å². The Morgan fingerprint density at radius 3 is 1.92 bits per heavy atom. The van der Waals surface area contributed by atoms with Gasteiger partial charge in [-0.2, -0.15) is 4.39 Å². The molecule has 2 aliphatic rings. The van der Waals surface area contributed by atoms with Crippen LogP contribution in [-0.4, -0.2) is 16.3 Å². The molecule has 1 unspecified atom stereocenters. The van der Waals surface area contributed by atoms with E-state index in [9.17, 15) is 23.4 Å². The summed E-state index contributed by atoms with van der Waals surface area (Å²) in [4.78, 5) is 0. The Kier molecular flexibility index (Phi) is 8.97. The summed E-state index contributed by atoms with van der Waals surface area (Å²) in [5.74, 6) is -3.81. The molecule has 0 saturated heterocycles. The molecule has 2 N–H and O–H groups in total. The molecule has 2 aliphatic carbocycles. The van der Waals surface area contributed by atoms with Gasteiger partial charge < -0.3 is 10.2 Å². The topological polar surface area (TPSA) is 40.5 Å². The van der Waals surface area contributed by atoms with E-state index in [4.69, 9.17) is 0 Å². The van der Waals surface area contributed by atoms with Gasteiger partial charge in [-0.15, -0.1) is 0 Å². The predicted molar refractivity (Wildman–Crippen MR) is 133 cm³/mol. The molecule has 0 spiro atoms. The third-order valence-electron chi connectivity index (χ3n) is 8.73. The summed E-state index contributed by atoms with van der Waals surface area (Å²) in [6, 6.07) is 6.13. The van der Waals surface area contributed by atoms with Gasteiger partial charge >= 0.3 is 0 Å². The highest BCUT2D eigenvalue weighted by molar-refractivity contribution is 5.32. The average Bonchev–Trinajstić information content (AvgIpc) is 2.89. The molecule has 1 atom stereocenters. The molecule has 0 aromatic heterocycles. The molecule has 198 valence electrons. The van der Waals surface area contributed by atoms with Gasteiger partial charge in [0, 0.05) is 0 Å². The zero-order valence-corrected chi connectivity index (χ0v) is 21.1. The quantitative estimate of drug-likeness (QED) is 0.354. The molecule has 2 aromatic rings. The molecule has 4 rings (SSSR count). The lowest BCUT2D eigenvalue weighted by Crippen LogP contribution is -2.25. The minimum absolute atomic E-state index is 0.000893. The van der Waals surface area contributed by atoms with Gasteiger partial charge in [0.05, 0.1) is 6.10 Å². The number of hydrogen-bond donors (Lipinski definition) is 2. The Balaban J connectivity index is 1.30. The Bertz CT molecular complexity index is 1020. The second kappa shape index (κ2) is 12.0. The molecule has 0 bridgehead atoms. The fraction of sp³-hybridized carbons (Fsp3) is 0.600. The molecular formula is C30H38F4O2. The van der Waals surface area contributed by atoms with E-state index in [2.05, 4.69) is 6.92 Å². The number of halogens is 4. The van der Waals surface area contributed by atoms with Crippen LogP contribution in [-0.2, 0) is 6.42 Å². The van der Waals surface area contributed by atoms with E-state index < -0.39 is 29.0 Å². The Hall–Kier alpha value is -2.08. The Morgan fingerprint density at radius 1 is 0.750 bits per heavy atom. The maximum atomic E-state index is 15.0. The molecule has 0 amide bonds. The van der Waals surface area contributed by atoms with Crippen molar-refractivity contribution < 1.29 is 27.8 Å². The number of aryl methyl sites for hydroxylation is 1. The van der Waals surface area contributed by atoms with Gasteiger partial charge in [0.2, 0.25) is 5.82 Å². The van der Waals surface area contributed by atoms with Crippen molar-refractivity contribution in [2.45, 2.75) is 102 Å². The highest BCUT2D eigenvalue weighted by Gasteiger charge is 2.30. The van der Waals surface area contributed by atoms with Crippen LogP contribution < -0.4 is 0 Å². The lowest BCUT2D eigenvalue weighted by atomic mass is 9.75. The third-order valence-corrected chi connectivity index (χ3v) is 8.73. The second-order valence-corrected chi connectivity index (χ2v) is 11.0. The first-order chi connectivity index (χ1) is 17.3. The van der Waals surface area contributed by atoms with Crippen LogP contribution in [0.4, 0.5) is 17.6 Å². The molecule has 0 radical (unpaired) electrons. The second-order valence-electron chi connectivity index (χ2n) is 11.0. The molecular weight excluding hydrogens is 468 g/mol. The van der Waals surface area contributed by atoms with Crippen LogP contribution in [0.3, 0.4) is 0 Å². The minimum atomic E-state index is -1.20. The van der Waals surface area contributed by atoms with E-state index in [1.165, 1.54) is 12.1 Å². The predicted octanol–water partition coefficient (Wildman–Crippen LogP) is 8.29. The van der Waals surface area contributed by atoms with Crippen LogP contribution in [0.25, 0.3) is 0 Å². The number of aromatic hydroxyl groups is 1. The lowest BCUT2D eigenvalue weighted by Gasteiger charge is -2.32. The summed E-state index contributed by atoms with van der Waals surface area (Å²) in [6.45, 7) is 2.06. The first kappa shape index (κ1) is 27.0. The monoisotopic (exact) mass is 506 g/mol. The van der Waals surface area contributed by atoms with Gasteiger partial charge in [-0.1, -0.05) is 31.5 Å². The summed E-state index contributed by atoms with van der Waals surface area (Å²) < 4.78 is 57.9. The highest BCUT2D eigenvalue weighted by Crippen LogP contribution is 2.41. The van der Waals surface area contributed by atoms with Crippen molar-refractivity contribution in [2.24, 2.45) is 11.8 Å². The van der Waals surface area contributed by atoms with Crippen LogP contribution in [0.5, 0.6) is 5.75 Å². The van der Waals surface area contributed by atoms with E-state index in [0.717, 1.165) is 57.8 Å². The van der Waals surface area contributed by atoms with Crippen LogP contribution >= 0.6 is 0 Å². The molecule has 2 fully saturated rings. The summed E-state index contributed by atoms with van der Waals surface area (Å²) in [7, 11) is 0. The molecule has 0 aliphatic heterocycles. The van der Waals surface area contributed by atoms with Gasteiger partial charge in [-0.3, -0.25) is 0 Å². The lowest BCUT2D eigenvalue weighted by molar-refractivity contribution is 0.0727. The van der Waals surface area contributed by atoms with Crippen LogP contribution in [0.1, 0.15) is 106 Å². The average molecular weight is 507 g/mol. The van der Waals surface area contributed by atoms with Crippen molar-refractivity contribution in [1.29, 1.82) is 0 Å². The first-order valence-electron chi connectivity index (χ1n) is 13.6. The fourth-order valence-electron chi connectivity index (χ4n) is 6.45. The van der Waals surface area contributed by atoms with E-state index in [1.807, 2.05) is 0 Å². The number of phenolic OH excluding ortho intramolecular Hbond substituents is 1. The van der Waals surface area contributed by atoms with Crippen molar-refractivity contribution in [3.8, 4) is 5.75 Å². The van der Waals surface area contributed by atoms with Crippen LogP contribution in [0.2, 0.25) is 0 Å².